The van der Waals surface area contributed by atoms with E-state index in [1.807, 2.05) is 6.92 Å². The molecule has 0 saturated carbocycles. The zero-order valence-corrected chi connectivity index (χ0v) is 13.1. The predicted octanol–water partition coefficient (Wildman–Crippen LogP) is 1.22. The number of aryl methyl sites for hydroxylation is 1. The Morgan fingerprint density at radius 1 is 1.48 bits per heavy atom. The molecule has 0 aliphatic carbocycles. The SMILES string of the molecule is CCC1=NO[C@H](CNC(=O)c2ccc3c(=O)n(C)cnc3c2)C1. The van der Waals surface area contributed by atoms with Crippen LogP contribution in [0.3, 0.4) is 0 Å². The molecule has 1 aromatic carbocycles. The largest absolute Gasteiger partial charge is 0.390 e. The molecule has 3 rings (SSSR count). The maximum atomic E-state index is 12.2. The first kappa shape index (κ1) is 15.2. The summed E-state index contributed by atoms with van der Waals surface area (Å²) < 4.78 is 1.41. The highest BCUT2D eigenvalue weighted by molar-refractivity contribution is 5.97. The van der Waals surface area contributed by atoms with E-state index in [2.05, 4.69) is 15.5 Å². The smallest absolute Gasteiger partial charge is 0.260 e. The van der Waals surface area contributed by atoms with Crippen LogP contribution in [0.15, 0.2) is 34.5 Å². The topological polar surface area (TPSA) is 85.6 Å². The maximum absolute atomic E-state index is 12.2. The van der Waals surface area contributed by atoms with Gasteiger partial charge in [0.05, 0.1) is 29.5 Å². The number of hydrogen-bond acceptors (Lipinski definition) is 5. The van der Waals surface area contributed by atoms with Gasteiger partial charge in [0.2, 0.25) is 0 Å². The third-order valence-electron chi connectivity index (χ3n) is 3.87. The van der Waals surface area contributed by atoms with Gasteiger partial charge in [0.15, 0.2) is 0 Å². The van der Waals surface area contributed by atoms with Gasteiger partial charge in [-0.05, 0) is 24.6 Å². The van der Waals surface area contributed by atoms with Crippen LogP contribution in [-0.2, 0) is 11.9 Å². The Bertz CT molecular complexity index is 841. The van der Waals surface area contributed by atoms with E-state index in [0.29, 0.717) is 23.0 Å². The van der Waals surface area contributed by atoms with Gasteiger partial charge in [0, 0.05) is 19.0 Å². The molecule has 23 heavy (non-hydrogen) atoms. The number of carbonyl (C=O) groups excluding carboxylic acids is 1. The van der Waals surface area contributed by atoms with Crippen molar-refractivity contribution in [3.05, 3.63) is 40.4 Å². The summed E-state index contributed by atoms with van der Waals surface area (Å²) in [7, 11) is 1.64. The van der Waals surface area contributed by atoms with E-state index >= 15 is 0 Å². The van der Waals surface area contributed by atoms with Crippen molar-refractivity contribution in [1.82, 2.24) is 14.9 Å². The lowest BCUT2D eigenvalue weighted by molar-refractivity contribution is 0.0753. The molecule has 0 saturated heterocycles. The van der Waals surface area contributed by atoms with Crippen LogP contribution >= 0.6 is 0 Å². The van der Waals surface area contributed by atoms with Crippen molar-refractivity contribution < 1.29 is 9.63 Å². The lowest BCUT2D eigenvalue weighted by Crippen LogP contribution is -2.32. The molecule has 0 bridgehead atoms. The number of fused-ring (bicyclic) bond motifs is 1. The van der Waals surface area contributed by atoms with Crippen molar-refractivity contribution in [2.24, 2.45) is 12.2 Å². The van der Waals surface area contributed by atoms with Crippen LogP contribution < -0.4 is 10.9 Å². The molecule has 120 valence electrons. The van der Waals surface area contributed by atoms with Gasteiger partial charge in [-0.25, -0.2) is 4.98 Å². The summed E-state index contributed by atoms with van der Waals surface area (Å²) in [6.45, 7) is 2.42. The Hall–Kier alpha value is -2.70. The minimum atomic E-state index is -0.220. The van der Waals surface area contributed by atoms with Crippen molar-refractivity contribution in [2.45, 2.75) is 25.9 Å². The minimum Gasteiger partial charge on any atom is -0.390 e. The third-order valence-corrected chi connectivity index (χ3v) is 3.87. The second-order valence-corrected chi connectivity index (χ2v) is 5.55. The molecule has 0 unspecified atom stereocenters. The summed E-state index contributed by atoms with van der Waals surface area (Å²) in [5.41, 5.74) is 1.85. The standard InChI is InChI=1S/C16H18N4O3/c1-3-11-7-12(23-19-11)8-17-15(21)10-4-5-13-14(6-10)18-9-20(2)16(13)22/h4-6,9,12H,3,7-8H2,1-2H3,(H,17,21)/t12-/m0/s1. The zero-order chi connectivity index (χ0) is 16.4. The van der Waals surface area contributed by atoms with Gasteiger partial charge >= 0.3 is 0 Å². The minimum absolute atomic E-state index is 0.111. The number of nitrogens with zero attached hydrogens (tertiary/aromatic N) is 3. The monoisotopic (exact) mass is 314 g/mol. The van der Waals surface area contributed by atoms with Gasteiger partial charge in [0.25, 0.3) is 11.5 Å². The highest BCUT2D eigenvalue weighted by atomic mass is 16.6. The molecule has 1 aliphatic heterocycles. The number of oxime groups is 1. The molecule has 1 N–H and O–H groups in total. The molecule has 7 heteroatoms. The number of rotatable bonds is 4. The summed E-state index contributed by atoms with van der Waals surface area (Å²) in [6, 6.07) is 4.88. The van der Waals surface area contributed by atoms with E-state index in [4.69, 9.17) is 4.84 Å². The van der Waals surface area contributed by atoms with Crippen molar-refractivity contribution >= 4 is 22.5 Å². The lowest BCUT2D eigenvalue weighted by Gasteiger charge is -2.10. The predicted molar refractivity (Wildman–Crippen MR) is 86.5 cm³/mol. The molecule has 2 heterocycles. The fourth-order valence-electron chi connectivity index (χ4n) is 2.47. The van der Waals surface area contributed by atoms with Crippen LogP contribution in [0.1, 0.15) is 30.1 Å². The molecule has 7 nitrogen and oxygen atoms in total. The molecule has 1 amide bonds. The van der Waals surface area contributed by atoms with Crippen LogP contribution in [0, 0.1) is 0 Å². The number of aromatic nitrogens is 2. The second kappa shape index (κ2) is 6.20. The number of carbonyl (C=O) groups is 1. The Kier molecular flexibility index (Phi) is 4.10. The van der Waals surface area contributed by atoms with Crippen LogP contribution in [0.2, 0.25) is 0 Å². The summed E-state index contributed by atoms with van der Waals surface area (Å²) in [5.74, 6) is -0.220. The van der Waals surface area contributed by atoms with Crippen molar-refractivity contribution in [3.63, 3.8) is 0 Å². The van der Waals surface area contributed by atoms with E-state index in [1.54, 1.807) is 25.2 Å². The Labute approximate surface area is 133 Å². The van der Waals surface area contributed by atoms with Gasteiger partial charge in [-0.3, -0.25) is 9.59 Å². The summed E-state index contributed by atoms with van der Waals surface area (Å²) in [6.07, 6.45) is 2.93. The first-order valence-corrected chi connectivity index (χ1v) is 7.53. The van der Waals surface area contributed by atoms with Crippen molar-refractivity contribution in [3.8, 4) is 0 Å². The molecular weight excluding hydrogens is 296 g/mol. The molecule has 0 radical (unpaired) electrons. The number of nitrogens with one attached hydrogen (secondary N) is 1. The molecule has 1 atom stereocenters. The molecule has 1 aromatic heterocycles. The van der Waals surface area contributed by atoms with Crippen molar-refractivity contribution in [2.75, 3.05) is 6.54 Å². The average molecular weight is 314 g/mol. The molecule has 1 aliphatic rings. The zero-order valence-electron chi connectivity index (χ0n) is 13.1. The van der Waals surface area contributed by atoms with E-state index in [1.165, 1.54) is 10.9 Å². The van der Waals surface area contributed by atoms with Gasteiger partial charge in [0.1, 0.15) is 6.10 Å². The fraction of sp³-hybridized carbons (Fsp3) is 0.375. The first-order valence-electron chi connectivity index (χ1n) is 7.53. The van der Waals surface area contributed by atoms with Crippen LogP contribution in [0.4, 0.5) is 0 Å². The van der Waals surface area contributed by atoms with Crippen molar-refractivity contribution in [1.29, 1.82) is 0 Å². The first-order chi connectivity index (χ1) is 11.1. The second-order valence-electron chi connectivity index (χ2n) is 5.55. The van der Waals surface area contributed by atoms with Gasteiger partial charge in [-0.2, -0.15) is 0 Å². The average Bonchev–Trinajstić information content (AvgIpc) is 3.04. The Morgan fingerprint density at radius 2 is 2.30 bits per heavy atom. The third kappa shape index (κ3) is 3.08. The lowest BCUT2D eigenvalue weighted by atomic mass is 10.1. The van der Waals surface area contributed by atoms with Crippen LogP contribution in [0.5, 0.6) is 0 Å². The summed E-state index contributed by atoms with van der Waals surface area (Å²) >= 11 is 0. The maximum Gasteiger partial charge on any atom is 0.260 e. The van der Waals surface area contributed by atoms with E-state index < -0.39 is 0 Å². The normalized spacial score (nSPS) is 17.0. The fourth-order valence-corrected chi connectivity index (χ4v) is 2.47. The molecule has 2 aromatic rings. The molecule has 0 fully saturated rings. The van der Waals surface area contributed by atoms with Crippen LogP contribution in [-0.4, -0.2) is 33.8 Å². The highest BCUT2D eigenvalue weighted by Gasteiger charge is 2.20. The number of amides is 1. The van der Waals surface area contributed by atoms with Gasteiger partial charge < -0.3 is 14.7 Å². The Balaban J connectivity index is 1.69. The Morgan fingerprint density at radius 3 is 3.04 bits per heavy atom. The van der Waals surface area contributed by atoms with E-state index in [9.17, 15) is 9.59 Å². The number of hydrogen-bond donors (Lipinski definition) is 1. The van der Waals surface area contributed by atoms with E-state index in [0.717, 1.165) is 18.6 Å². The van der Waals surface area contributed by atoms with Gasteiger partial charge in [-0.15, -0.1) is 0 Å². The highest BCUT2D eigenvalue weighted by Crippen LogP contribution is 2.13. The van der Waals surface area contributed by atoms with Crippen LogP contribution in [0.25, 0.3) is 10.9 Å². The summed E-state index contributed by atoms with van der Waals surface area (Å²) in [5, 5.41) is 7.28. The number of benzene rings is 1. The molecule has 0 spiro atoms. The van der Waals surface area contributed by atoms with Gasteiger partial charge in [-0.1, -0.05) is 12.1 Å². The quantitative estimate of drug-likeness (QED) is 0.919. The summed E-state index contributed by atoms with van der Waals surface area (Å²) in [4.78, 5) is 33.6. The molecular formula is C16H18N4O3. The van der Waals surface area contributed by atoms with E-state index in [-0.39, 0.29) is 17.6 Å².